The first-order valence-electron chi connectivity index (χ1n) is 8.56. The summed E-state index contributed by atoms with van der Waals surface area (Å²) in [7, 11) is 0. The van der Waals surface area contributed by atoms with E-state index in [1.54, 1.807) is 0 Å². The highest BCUT2D eigenvalue weighted by molar-refractivity contribution is 5.85. The van der Waals surface area contributed by atoms with Crippen molar-refractivity contribution >= 4 is 5.91 Å². The number of hydrogen-bond donors (Lipinski definition) is 1. The Morgan fingerprint density at radius 2 is 1.80 bits per heavy atom. The molecule has 0 aromatic heterocycles. The van der Waals surface area contributed by atoms with Crippen LogP contribution in [0.2, 0.25) is 0 Å². The van der Waals surface area contributed by atoms with E-state index in [1.807, 2.05) is 0 Å². The van der Waals surface area contributed by atoms with Gasteiger partial charge in [-0.25, -0.2) is 0 Å². The number of carbonyl (C=O) groups excluding carboxylic acids is 1. The lowest BCUT2D eigenvalue weighted by atomic mass is 9.79. The third kappa shape index (κ3) is 3.03. The second-order valence-corrected chi connectivity index (χ2v) is 7.27. The van der Waals surface area contributed by atoms with E-state index in [0.717, 1.165) is 24.7 Å². The number of carbonyl (C=O) groups is 1. The van der Waals surface area contributed by atoms with Gasteiger partial charge in [-0.1, -0.05) is 41.0 Å². The molecule has 0 bridgehead atoms. The van der Waals surface area contributed by atoms with Crippen LogP contribution in [0.15, 0.2) is 0 Å². The van der Waals surface area contributed by atoms with Gasteiger partial charge in [-0.15, -0.1) is 0 Å². The van der Waals surface area contributed by atoms with E-state index in [0.29, 0.717) is 17.9 Å². The van der Waals surface area contributed by atoms with E-state index >= 15 is 0 Å². The van der Waals surface area contributed by atoms with E-state index in [1.165, 1.54) is 19.3 Å². The van der Waals surface area contributed by atoms with Gasteiger partial charge in [-0.2, -0.15) is 0 Å². The van der Waals surface area contributed by atoms with Crippen molar-refractivity contribution in [3.8, 4) is 0 Å². The van der Waals surface area contributed by atoms with Crippen LogP contribution in [0.4, 0.5) is 0 Å². The Kier molecular flexibility index (Phi) is 5.11. The zero-order valence-electron chi connectivity index (χ0n) is 13.9. The van der Waals surface area contributed by atoms with E-state index in [-0.39, 0.29) is 12.2 Å². The average Bonchev–Trinajstić information content (AvgIpc) is 2.73. The number of nitrogens with zero attached hydrogens (tertiary/aromatic N) is 1. The summed E-state index contributed by atoms with van der Waals surface area (Å²) in [6, 6.07) is 0.491. The minimum Gasteiger partial charge on any atom is -0.323 e. The van der Waals surface area contributed by atoms with Gasteiger partial charge in [0.1, 0.15) is 0 Å². The molecule has 3 heteroatoms. The topological polar surface area (TPSA) is 32.3 Å². The van der Waals surface area contributed by atoms with Crippen molar-refractivity contribution in [1.82, 2.24) is 10.2 Å². The van der Waals surface area contributed by atoms with Gasteiger partial charge in [0.15, 0.2) is 0 Å². The Morgan fingerprint density at radius 1 is 1.20 bits per heavy atom. The smallest absolute Gasteiger partial charge is 0.241 e. The molecule has 1 N–H and O–H groups in total. The van der Waals surface area contributed by atoms with Crippen molar-refractivity contribution < 1.29 is 4.79 Å². The summed E-state index contributed by atoms with van der Waals surface area (Å²) < 4.78 is 0. The maximum absolute atomic E-state index is 12.9. The van der Waals surface area contributed by atoms with Gasteiger partial charge in [0.25, 0.3) is 0 Å². The number of rotatable bonds is 4. The zero-order valence-corrected chi connectivity index (χ0v) is 13.9. The van der Waals surface area contributed by atoms with Crippen molar-refractivity contribution in [1.29, 1.82) is 0 Å². The van der Waals surface area contributed by atoms with Gasteiger partial charge < -0.3 is 4.90 Å². The van der Waals surface area contributed by atoms with Crippen LogP contribution in [0.3, 0.4) is 0 Å². The molecule has 2 fully saturated rings. The molecule has 5 unspecified atom stereocenters. The highest BCUT2D eigenvalue weighted by Gasteiger charge is 2.44. The minimum absolute atomic E-state index is 0.0393. The first kappa shape index (κ1) is 15.8. The van der Waals surface area contributed by atoms with Crippen LogP contribution in [-0.2, 0) is 4.79 Å². The summed E-state index contributed by atoms with van der Waals surface area (Å²) in [5.41, 5.74) is 0. The summed E-state index contributed by atoms with van der Waals surface area (Å²) in [5.74, 6) is 2.28. The Labute approximate surface area is 124 Å². The fourth-order valence-corrected chi connectivity index (χ4v) is 4.20. The number of nitrogens with one attached hydrogen (secondary N) is 1. The standard InChI is InChI=1S/C17H32N2O/c1-6-13(5)16-17(20)19(15(7-2)18-16)14-9-11(3)8-12(4)10-14/h11-16,18H,6-10H2,1-5H3. The number of hydrogen-bond acceptors (Lipinski definition) is 2. The fourth-order valence-electron chi connectivity index (χ4n) is 4.20. The molecule has 0 aromatic carbocycles. The summed E-state index contributed by atoms with van der Waals surface area (Å²) in [6.45, 7) is 11.2. The Hall–Kier alpha value is -0.570. The predicted molar refractivity (Wildman–Crippen MR) is 83.3 cm³/mol. The van der Waals surface area contributed by atoms with Gasteiger partial charge in [0.2, 0.25) is 5.91 Å². The summed E-state index contributed by atoms with van der Waals surface area (Å²) >= 11 is 0. The third-order valence-corrected chi connectivity index (χ3v) is 5.37. The molecule has 0 radical (unpaired) electrons. The van der Waals surface area contributed by atoms with Crippen LogP contribution in [0, 0.1) is 17.8 Å². The maximum Gasteiger partial charge on any atom is 0.241 e. The van der Waals surface area contributed by atoms with Crippen molar-refractivity contribution in [2.75, 3.05) is 0 Å². The first-order valence-corrected chi connectivity index (χ1v) is 8.56. The molecule has 116 valence electrons. The van der Waals surface area contributed by atoms with E-state index < -0.39 is 0 Å². The molecule has 5 atom stereocenters. The van der Waals surface area contributed by atoms with Crippen molar-refractivity contribution in [3.63, 3.8) is 0 Å². The largest absolute Gasteiger partial charge is 0.323 e. The van der Waals surface area contributed by atoms with E-state index in [2.05, 4.69) is 44.8 Å². The normalized spacial score (nSPS) is 40.1. The zero-order chi connectivity index (χ0) is 14.9. The molecule has 0 spiro atoms. The van der Waals surface area contributed by atoms with Crippen LogP contribution in [0.1, 0.15) is 66.7 Å². The fraction of sp³-hybridized carbons (Fsp3) is 0.941. The monoisotopic (exact) mass is 280 g/mol. The lowest BCUT2D eigenvalue weighted by molar-refractivity contribution is -0.134. The average molecular weight is 280 g/mol. The molecule has 1 aliphatic carbocycles. The first-order chi connectivity index (χ1) is 9.47. The highest BCUT2D eigenvalue weighted by Crippen LogP contribution is 2.35. The SMILES string of the molecule is CCC(C)C1NC(CC)N(C2CC(C)CC(C)C2)C1=O. The molecule has 2 aliphatic rings. The van der Waals surface area contributed by atoms with Crippen LogP contribution in [-0.4, -0.2) is 29.1 Å². The quantitative estimate of drug-likeness (QED) is 0.856. The Balaban J connectivity index is 2.14. The van der Waals surface area contributed by atoms with E-state index in [4.69, 9.17) is 0 Å². The highest BCUT2D eigenvalue weighted by atomic mass is 16.2. The lowest BCUT2D eigenvalue weighted by Gasteiger charge is -2.39. The Bertz CT molecular complexity index is 334. The summed E-state index contributed by atoms with van der Waals surface area (Å²) in [4.78, 5) is 15.1. The summed E-state index contributed by atoms with van der Waals surface area (Å²) in [6.07, 6.45) is 6.01. The molecule has 1 aliphatic heterocycles. The second-order valence-electron chi connectivity index (χ2n) is 7.27. The molecule has 1 heterocycles. The van der Waals surface area contributed by atoms with Crippen molar-refractivity contribution in [2.45, 2.75) is 85.0 Å². The van der Waals surface area contributed by atoms with Gasteiger partial charge in [0.05, 0.1) is 12.2 Å². The van der Waals surface area contributed by atoms with Crippen LogP contribution in [0.25, 0.3) is 0 Å². The molecule has 20 heavy (non-hydrogen) atoms. The molecule has 2 rings (SSSR count). The van der Waals surface area contributed by atoms with E-state index in [9.17, 15) is 4.79 Å². The van der Waals surface area contributed by atoms with Crippen LogP contribution in [0.5, 0.6) is 0 Å². The molecule has 3 nitrogen and oxygen atoms in total. The van der Waals surface area contributed by atoms with Gasteiger partial charge >= 0.3 is 0 Å². The molecular formula is C17H32N2O. The maximum atomic E-state index is 12.9. The molecule has 1 saturated heterocycles. The Morgan fingerprint density at radius 3 is 2.30 bits per heavy atom. The van der Waals surface area contributed by atoms with Gasteiger partial charge in [-0.3, -0.25) is 10.1 Å². The number of amides is 1. The van der Waals surface area contributed by atoms with Crippen LogP contribution >= 0.6 is 0 Å². The predicted octanol–water partition coefficient (Wildman–Crippen LogP) is 3.39. The molecule has 1 amide bonds. The molecule has 0 aromatic rings. The third-order valence-electron chi connectivity index (χ3n) is 5.37. The van der Waals surface area contributed by atoms with Crippen LogP contribution < -0.4 is 5.32 Å². The lowest BCUT2D eigenvalue weighted by Crippen LogP contribution is -2.47. The van der Waals surface area contributed by atoms with Gasteiger partial charge in [0, 0.05) is 6.04 Å². The van der Waals surface area contributed by atoms with Crippen molar-refractivity contribution in [3.05, 3.63) is 0 Å². The molecular weight excluding hydrogens is 248 g/mol. The summed E-state index contributed by atoms with van der Waals surface area (Å²) in [5, 5.41) is 3.59. The van der Waals surface area contributed by atoms with Gasteiger partial charge in [-0.05, 0) is 43.4 Å². The molecule has 1 saturated carbocycles. The second kappa shape index (κ2) is 6.46. The minimum atomic E-state index is 0.0393. The van der Waals surface area contributed by atoms with Crippen molar-refractivity contribution in [2.24, 2.45) is 17.8 Å².